The minimum absolute atomic E-state index is 0.431. The first kappa shape index (κ1) is 8.96. The molecule has 0 heterocycles. The Hall–Kier alpha value is -0.0400. The van der Waals surface area contributed by atoms with Crippen molar-refractivity contribution in [2.24, 2.45) is 5.92 Å². The molecule has 0 aromatic rings. The summed E-state index contributed by atoms with van der Waals surface area (Å²) in [7, 11) is 0. The molecule has 0 aromatic carbocycles. The second-order valence-corrected chi connectivity index (χ2v) is 2.55. The number of ether oxygens (including phenoxy) is 1. The monoisotopic (exact) mass is 130 g/mol. The summed E-state index contributed by atoms with van der Waals surface area (Å²) in [6.07, 6.45) is 1.64. The quantitative estimate of drug-likeness (QED) is 0.568. The molecule has 0 aromatic heterocycles. The molecule has 0 saturated heterocycles. The second-order valence-electron chi connectivity index (χ2n) is 2.55. The van der Waals surface area contributed by atoms with E-state index in [0.29, 0.717) is 12.0 Å². The number of rotatable bonds is 4. The molecular formula is C8H18O. The summed E-state index contributed by atoms with van der Waals surface area (Å²) in [5.74, 6) is 0.699. The van der Waals surface area contributed by atoms with Gasteiger partial charge in [0.15, 0.2) is 0 Å². The first-order chi connectivity index (χ1) is 4.22. The smallest absolute Gasteiger partial charge is 0.0572 e. The molecule has 0 amide bonds. The van der Waals surface area contributed by atoms with E-state index in [9.17, 15) is 0 Å². The fraction of sp³-hybridized carbons (Fsp3) is 1.00. The van der Waals surface area contributed by atoms with Crippen LogP contribution >= 0.6 is 0 Å². The highest BCUT2D eigenvalue weighted by atomic mass is 16.5. The molecule has 0 radical (unpaired) electrons. The lowest BCUT2D eigenvalue weighted by Gasteiger charge is -2.17. The molecule has 0 fully saturated rings. The van der Waals surface area contributed by atoms with E-state index in [1.54, 1.807) is 0 Å². The van der Waals surface area contributed by atoms with Gasteiger partial charge in [0.1, 0.15) is 0 Å². The Labute approximate surface area is 58.4 Å². The van der Waals surface area contributed by atoms with Gasteiger partial charge in [-0.3, -0.25) is 0 Å². The van der Waals surface area contributed by atoms with Crippen LogP contribution in [-0.2, 0) is 4.74 Å². The van der Waals surface area contributed by atoms with E-state index in [0.717, 1.165) is 6.61 Å². The van der Waals surface area contributed by atoms with Crippen LogP contribution in [0.2, 0.25) is 0 Å². The maximum Gasteiger partial charge on any atom is 0.0572 e. The van der Waals surface area contributed by atoms with Crippen LogP contribution in [-0.4, -0.2) is 12.7 Å². The molecule has 2 atom stereocenters. The zero-order chi connectivity index (χ0) is 7.28. The van der Waals surface area contributed by atoms with Crippen molar-refractivity contribution >= 4 is 0 Å². The van der Waals surface area contributed by atoms with Crippen LogP contribution in [0.1, 0.15) is 34.1 Å². The number of hydrogen-bond acceptors (Lipinski definition) is 1. The van der Waals surface area contributed by atoms with Crippen LogP contribution in [0.25, 0.3) is 0 Å². The third-order valence-corrected chi connectivity index (χ3v) is 1.87. The molecule has 0 N–H and O–H groups in total. The predicted molar refractivity (Wildman–Crippen MR) is 40.5 cm³/mol. The van der Waals surface area contributed by atoms with Gasteiger partial charge in [-0.05, 0) is 19.8 Å². The topological polar surface area (TPSA) is 9.23 Å². The highest BCUT2D eigenvalue weighted by Gasteiger charge is 2.07. The summed E-state index contributed by atoms with van der Waals surface area (Å²) < 4.78 is 5.39. The molecule has 0 saturated carbocycles. The van der Waals surface area contributed by atoms with Crippen LogP contribution in [0.3, 0.4) is 0 Å². The van der Waals surface area contributed by atoms with Crippen LogP contribution in [0.5, 0.6) is 0 Å². The van der Waals surface area contributed by atoms with Crippen molar-refractivity contribution in [3.05, 3.63) is 0 Å². The molecular weight excluding hydrogens is 112 g/mol. The summed E-state index contributed by atoms with van der Waals surface area (Å²) in [6, 6.07) is 0. The predicted octanol–water partition coefficient (Wildman–Crippen LogP) is 2.46. The Morgan fingerprint density at radius 3 is 2.11 bits per heavy atom. The molecule has 1 unspecified atom stereocenters. The van der Waals surface area contributed by atoms with Gasteiger partial charge in [0.05, 0.1) is 6.10 Å². The van der Waals surface area contributed by atoms with Crippen molar-refractivity contribution in [2.75, 3.05) is 6.61 Å². The Morgan fingerprint density at radius 2 is 1.78 bits per heavy atom. The Morgan fingerprint density at radius 1 is 1.22 bits per heavy atom. The van der Waals surface area contributed by atoms with E-state index in [2.05, 4.69) is 20.8 Å². The molecule has 1 nitrogen and oxygen atoms in total. The molecule has 0 aliphatic heterocycles. The van der Waals surface area contributed by atoms with Gasteiger partial charge in [0.2, 0.25) is 0 Å². The molecule has 0 aliphatic rings. The standard InChI is InChI=1S/C8H18O/c1-5-7(3)8(4)9-6-2/h7-8H,5-6H2,1-4H3/t7?,8-/m0/s1. The molecule has 0 aliphatic carbocycles. The first-order valence-electron chi connectivity index (χ1n) is 3.83. The summed E-state index contributed by atoms with van der Waals surface area (Å²) in [6.45, 7) is 9.43. The summed E-state index contributed by atoms with van der Waals surface area (Å²) >= 11 is 0. The van der Waals surface area contributed by atoms with E-state index in [4.69, 9.17) is 4.74 Å². The highest BCUT2D eigenvalue weighted by molar-refractivity contribution is 4.57. The molecule has 0 bridgehead atoms. The van der Waals surface area contributed by atoms with Crippen LogP contribution in [0.15, 0.2) is 0 Å². The Balaban J connectivity index is 3.32. The normalized spacial score (nSPS) is 17.3. The number of hydrogen-bond donors (Lipinski definition) is 0. The van der Waals surface area contributed by atoms with Gasteiger partial charge in [-0.25, -0.2) is 0 Å². The zero-order valence-corrected chi connectivity index (χ0v) is 6.98. The van der Waals surface area contributed by atoms with E-state index in [1.165, 1.54) is 6.42 Å². The van der Waals surface area contributed by atoms with Gasteiger partial charge < -0.3 is 4.74 Å². The maximum absolute atomic E-state index is 5.39. The van der Waals surface area contributed by atoms with Crippen molar-refractivity contribution < 1.29 is 4.74 Å². The van der Waals surface area contributed by atoms with Gasteiger partial charge in [0, 0.05) is 6.61 Å². The van der Waals surface area contributed by atoms with Crippen molar-refractivity contribution in [1.82, 2.24) is 0 Å². The van der Waals surface area contributed by atoms with Crippen molar-refractivity contribution in [1.29, 1.82) is 0 Å². The largest absolute Gasteiger partial charge is 0.379 e. The SMILES string of the molecule is CCO[C@@H](C)C(C)CC. The lowest BCUT2D eigenvalue weighted by Crippen LogP contribution is -2.16. The second kappa shape index (κ2) is 4.80. The summed E-state index contributed by atoms with van der Waals surface area (Å²) in [4.78, 5) is 0. The Kier molecular flexibility index (Phi) is 4.78. The lowest BCUT2D eigenvalue weighted by molar-refractivity contribution is 0.0376. The van der Waals surface area contributed by atoms with E-state index in [-0.39, 0.29) is 0 Å². The van der Waals surface area contributed by atoms with E-state index in [1.807, 2.05) is 6.92 Å². The summed E-state index contributed by atoms with van der Waals surface area (Å²) in [5.41, 5.74) is 0. The van der Waals surface area contributed by atoms with Gasteiger partial charge in [-0.15, -0.1) is 0 Å². The molecule has 0 rings (SSSR count). The maximum atomic E-state index is 5.39. The molecule has 0 spiro atoms. The highest BCUT2D eigenvalue weighted by Crippen LogP contribution is 2.09. The zero-order valence-electron chi connectivity index (χ0n) is 6.98. The average Bonchev–Trinajstić information content (AvgIpc) is 1.87. The molecule has 9 heavy (non-hydrogen) atoms. The van der Waals surface area contributed by atoms with Gasteiger partial charge in [0.25, 0.3) is 0 Å². The van der Waals surface area contributed by atoms with E-state index >= 15 is 0 Å². The minimum atomic E-state index is 0.431. The van der Waals surface area contributed by atoms with Crippen LogP contribution in [0.4, 0.5) is 0 Å². The van der Waals surface area contributed by atoms with Crippen molar-refractivity contribution in [3.63, 3.8) is 0 Å². The fourth-order valence-electron chi connectivity index (χ4n) is 0.759. The van der Waals surface area contributed by atoms with Gasteiger partial charge >= 0.3 is 0 Å². The van der Waals surface area contributed by atoms with Crippen LogP contribution in [0, 0.1) is 5.92 Å². The third kappa shape index (κ3) is 3.52. The average molecular weight is 130 g/mol. The fourth-order valence-corrected chi connectivity index (χ4v) is 0.759. The molecule has 1 heteroatoms. The van der Waals surface area contributed by atoms with Crippen molar-refractivity contribution in [3.8, 4) is 0 Å². The first-order valence-corrected chi connectivity index (χ1v) is 3.83. The third-order valence-electron chi connectivity index (χ3n) is 1.87. The van der Waals surface area contributed by atoms with Crippen molar-refractivity contribution in [2.45, 2.75) is 40.2 Å². The molecule has 56 valence electrons. The minimum Gasteiger partial charge on any atom is -0.379 e. The van der Waals surface area contributed by atoms with Crippen LogP contribution < -0.4 is 0 Å². The van der Waals surface area contributed by atoms with Gasteiger partial charge in [-0.2, -0.15) is 0 Å². The van der Waals surface area contributed by atoms with E-state index < -0.39 is 0 Å². The lowest BCUT2D eigenvalue weighted by atomic mass is 10.0. The Bertz CT molecular complexity index is 61.6. The summed E-state index contributed by atoms with van der Waals surface area (Å²) in [5, 5.41) is 0. The van der Waals surface area contributed by atoms with Gasteiger partial charge in [-0.1, -0.05) is 20.3 Å².